The lowest BCUT2D eigenvalue weighted by atomic mass is 9.82. The van der Waals surface area contributed by atoms with Gasteiger partial charge >= 0.3 is 5.97 Å². The van der Waals surface area contributed by atoms with Crippen LogP contribution in [0.1, 0.15) is 29.7 Å². The van der Waals surface area contributed by atoms with Crippen LogP contribution in [0.4, 0.5) is 5.82 Å². The van der Waals surface area contributed by atoms with Crippen LogP contribution in [0.2, 0.25) is 0 Å². The molecule has 3 aliphatic rings. The molecule has 6 heterocycles. The summed E-state index contributed by atoms with van der Waals surface area (Å²) in [6.45, 7) is 4.34. The minimum atomic E-state index is -1.83. The molecule has 6 rings (SSSR count). The molecule has 1 amide bonds. The maximum Gasteiger partial charge on any atom is 0.348 e. The fraction of sp³-hybridized carbons (Fsp3) is 0.435. The van der Waals surface area contributed by atoms with E-state index in [1.54, 1.807) is 35.9 Å². The Morgan fingerprint density at radius 2 is 1.91 bits per heavy atom. The van der Waals surface area contributed by atoms with Crippen LogP contribution in [0.15, 0.2) is 44.2 Å². The molecule has 0 aromatic carbocycles. The predicted molar refractivity (Wildman–Crippen MR) is 124 cm³/mol. The van der Waals surface area contributed by atoms with E-state index in [2.05, 4.69) is 10.5 Å². The molecule has 0 unspecified atom stereocenters. The third-order valence-electron chi connectivity index (χ3n) is 6.85. The molecule has 1 atom stereocenters. The van der Waals surface area contributed by atoms with Gasteiger partial charge in [-0.15, -0.1) is 0 Å². The van der Waals surface area contributed by atoms with Gasteiger partial charge in [0.2, 0.25) is 5.60 Å². The summed E-state index contributed by atoms with van der Waals surface area (Å²) >= 11 is 2.85. The van der Waals surface area contributed by atoms with Gasteiger partial charge in [-0.25, -0.2) is 4.79 Å². The average molecular weight is 489 g/mol. The number of hydrogen-bond donors (Lipinski definition) is 2. The molecule has 174 valence electrons. The van der Waals surface area contributed by atoms with Gasteiger partial charge in [0, 0.05) is 36.0 Å². The van der Waals surface area contributed by atoms with Crippen molar-refractivity contribution in [3.63, 3.8) is 0 Å². The molecule has 0 aliphatic carbocycles. The Morgan fingerprint density at radius 3 is 2.45 bits per heavy atom. The summed E-state index contributed by atoms with van der Waals surface area (Å²) in [5.74, 6) is 0.485. The van der Waals surface area contributed by atoms with E-state index < -0.39 is 11.6 Å². The minimum Gasteiger partial charge on any atom is -0.453 e. The second-order valence-electron chi connectivity index (χ2n) is 9.02. The first-order valence-corrected chi connectivity index (χ1v) is 12.8. The predicted octanol–water partition coefficient (Wildman–Crippen LogP) is 3.13. The number of anilines is 1. The molecule has 3 fully saturated rings. The number of fused-ring (bicyclic) bond motifs is 3. The van der Waals surface area contributed by atoms with E-state index in [0.717, 1.165) is 25.9 Å². The van der Waals surface area contributed by atoms with E-state index in [-0.39, 0.29) is 24.5 Å². The Labute approximate surface area is 199 Å². The van der Waals surface area contributed by atoms with Crippen molar-refractivity contribution >= 4 is 40.4 Å². The van der Waals surface area contributed by atoms with Crippen LogP contribution in [0.5, 0.6) is 0 Å². The molecule has 0 radical (unpaired) electrons. The lowest BCUT2D eigenvalue weighted by Gasteiger charge is -2.51. The van der Waals surface area contributed by atoms with Gasteiger partial charge < -0.3 is 24.2 Å². The highest BCUT2D eigenvalue weighted by molar-refractivity contribution is 7.08. The third kappa shape index (κ3) is 4.23. The number of thiophene rings is 2. The van der Waals surface area contributed by atoms with Crippen molar-refractivity contribution in [1.82, 2.24) is 5.16 Å². The second-order valence-corrected chi connectivity index (χ2v) is 10.6. The Balaban J connectivity index is 1.31. The first-order valence-electron chi connectivity index (χ1n) is 11.0. The number of carbonyl (C=O) groups is 2. The highest BCUT2D eigenvalue weighted by Gasteiger charge is 2.51. The van der Waals surface area contributed by atoms with Gasteiger partial charge in [-0.2, -0.15) is 22.7 Å². The van der Waals surface area contributed by atoms with E-state index in [1.165, 1.54) is 22.7 Å². The smallest absolute Gasteiger partial charge is 0.348 e. The van der Waals surface area contributed by atoms with Gasteiger partial charge in [-0.3, -0.25) is 4.79 Å². The zero-order valence-electron chi connectivity index (χ0n) is 18.2. The van der Waals surface area contributed by atoms with Crippen LogP contribution in [-0.2, 0) is 19.9 Å². The van der Waals surface area contributed by atoms with E-state index in [1.807, 2.05) is 10.8 Å². The normalized spacial score (nSPS) is 24.5. The number of rotatable bonds is 7. The summed E-state index contributed by atoms with van der Waals surface area (Å²) in [4.78, 5) is 26.1. The minimum absolute atomic E-state index is 0.137. The number of piperidine rings is 3. The summed E-state index contributed by atoms with van der Waals surface area (Å²) in [6, 6.07) is 5.19. The number of ether oxygens (including phenoxy) is 1. The number of amides is 1. The van der Waals surface area contributed by atoms with Crippen molar-refractivity contribution in [3.05, 3.63) is 56.6 Å². The Hall–Kier alpha value is -2.53. The van der Waals surface area contributed by atoms with Crippen molar-refractivity contribution in [2.45, 2.75) is 31.5 Å². The summed E-state index contributed by atoms with van der Waals surface area (Å²) in [6.07, 6.45) is 1.42. The summed E-state index contributed by atoms with van der Waals surface area (Å²) in [7, 11) is 0. The van der Waals surface area contributed by atoms with Gasteiger partial charge in [-0.1, -0.05) is 5.16 Å². The SMILES string of the molecule is Cc1cc(NC(=O)C[N+]23CCC(CC2)[C@@H](OC(=O)C(O)(c2ccsc2)c2ccsc2)C3)no1. The van der Waals surface area contributed by atoms with E-state index >= 15 is 0 Å². The van der Waals surface area contributed by atoms with Gasteiger partial charge in [0.05, 0.1) is 13.1 Å². The summed E-state index contributed by atoms with van der Waals surface area (Å²) in [5, 5.41) is 25.4. The average Bonchev–Trinajstić information content (AvgIpc) is 3.57. The van der Waals surface area contributed by atoms with Crippen LogP contribution in [0.25, 0.3) is 0 Å². The fourth-order valence-corrected chi connectivity index (χ4v) is 6.45. The molecule has 33 heavy (non-hydrogen) atoms. The van der Waals surface area contributed by atoms with Crippen LogP contribution in [0, 0.1) is 12.8 Å². The number of quaternary nitrogens is 1. The van der Waals surface area contributed by atoms with Gasteiger partial charge in [-0.05, 0) is 40.6 Å². The highest BCUT2D eigenvalue weighted by atomic mass is 32.1. The molecule has 8 nitrogen and oxygen atoms in total. The van der Waals surface area contributed by atoms with Crippen LogP contribution in [0.3, 0.4) is 0 Å². The van der Waals surface area contributed by atoms with E-state index in [9.17, 15) is 14.7 Å². The van der Waals surface area contributed by atoms with Crippen molar-refractivity contribution in [2.75, 3.05) is 31.5 Å². The molecule has 10 heteroatoms. The third-order valence-corrected chi connectivity index (χ3v) is 8.21. The maximum atomic E-state index is 13.4. The molecule has 3 aliphatic heterocycles. The van der Waals surface area contributed by atoms with Gasteiger partial charge in [0.1, 0.15) is 12.3 Å². The largest absolute Gasteiger partial charge is 0.453 e. The molecule has 2 bridgehead atoms. The van der Waals surface area contributed by atoms with Crippen molar-refractivity contribution in [1.29, 1.82) is 0 Å². The molecular weight excluding hydrogens is 462 g/mol. The Kier molecular flexibility index (Phi) is 5.86. The van der Waals surface area contributed by atoms with Crippen molar-refractivity contribution in [2.24, 2.45) is 5.92 Å². The number of aryl methyl sites for hydroxylation is 1. The van der Waals surface area contributed by atoms with Crippen LogP contribution >= 0.6 is 22.7 Å². The maximum absolute atomic E-state index is 13.4. The number of nitrogens with zero attached hydrogens (tertiary/aromatic N) is 2. The summed E-state index contributed by atoms with van der Waals surface area (Å²) in [5.41, 5.74) is -0.800. The first-order chi connectivity index (χ1) is 15.9. The van der Waals surface area contributed by atoms with Gasteiger partial charge in [0.25, 0.3) is 5.91 Å². The molecule has 2 N–H and O–H groups in total. The Morgan fingerprint density at radius 1 is 1.24 bits per heavy atom. The fourth-order valence-electron chi connectivity index (χ4n) is 5.05. The summed E-state index contributed by atoms with van der Waals surface area (Å²) < 4.78 is 11.6. The number of carbonyl (C=O) groups excluding carboxylic acids is 2. The number of aliphatic hydroxyl groups is 1. The zero-order chi connectivity index (χ0) is 23.1. The highest BCUT2D eigenvalue weighted by Crippen LogP contribution is 2.39. The lowest BCUT2D eigenvalue weighted by Crippen LogP contribution is -2.66. The van der Waals surface area contributed by atoms with Crippen molar-refractivity contribution in [3.8, 4) is 0 Å². The van der Waals surface area contributed by atoms with E-state index in [4.69, 9.17) is 9.26 Å². The quantitative estimate of drug-likeness (QED) is 0.391. The number of esters is 1. The molecule has 0 spiro atoms. The standard InChI is InChI=1S/C23H25N3O5S2/c1-15-10-20(25-31-15)24-21(27)12-26-6-2-16(3-7-26)19(11-26)30-22(28)23(29,17-4-8-32-13-17)18-5-9-33-14-18/h4-5,8-10,13-14,16,19,29H,2-3,6-7,11-12H2,1H3/p+1/t16?,19-,26?/m0/s1. The number of nitrogens with one attached hydrogen (secondary N) is 1. The van der Waals surface area contributed by atoms with E-state index in [0.29, 0.717) is 33.7 Å². The van der Waals surface area contributed by atoms with Crippen LogP contribution < -0.4 is 5.32 Å². The molecular formula is C23H26N3O5S2+. The molecule has 3 saturated heterocycles. The topological polar surface area (TPSA) is 102 Å². The molecule has 3 aromatic heterocycles. The monoisotopic (exact) mass is 488 g/mol. The number of aromatic nitrogens is 1. The molecule has 0 saturated carbocycles. The number of hydrogen-bond acceptors (Lipinski definition) is 8. The second kappa shape index (κ2) is 8.68. The first kappa shape index (κ1) is 22.3. The molecule has 3 aromatic rings. The zero-order valence-corrected chi connectivity index (χ0v) is 19.9. The van der Waals surface area contributed by atoms with Crippen LogP contribution in [-0.4, -0.2) is 58.9 Å². The lowest BCUT2D eigenvalue weighted by molar-refractivity contribution is -0.939. The van der Waals surface area contributed by atoms with Crippen molar-refractivity contribution < 1.29 is 28.4 Å². The van der Waals surface area contributed by atoms with Gasteiger partial charge in [0.15, 0.2) is 18.5 Å². The Bertz CT molecular complexity index is 1080.